The standard InChI is InChI=1S/C25H30N6O2/c1-17-13-18(20-10-11-26-15-22(20)30-12-6-5-7-23(30)32)8-9-19(17)14-27-24(33)21-16-31(29-28-21)25(2,3)4/h8-11,13,15-16H,5-7,12,14H2,1-4H3,(H,27,33). The van der Waals surface area contributed by atoms with Crippen LogP contribution in [0.15, 0.2) is 42.9 Å². The number of anilines is 1. The van der Waals surface area contributed by atoms with Gasteiger partial charge in [0.05, 0.1) is 23.6 Å². The van der Waals surface area contributed by atoms with Crippen LogP contribution in [0.5, 0.6) is 0 Å². The molecule has 0 saturated carbocycles. The van der Waals surface area contributed by atoms with E-state index >= 15 is 0 Å². The Morgan fingerprint density at radius 2 is 2.00 bits per heavy atom. The van der Waals surface area contributed by atoms with Crippen molar-refractivity contribution >= 4 is 17.5 Å². The van der Waals surface area contributed by atoms with Crippen molar-refractivity contribution in [1.29, 1.82) is 0 Å². The third-order valence-electron chi connectivity index (χ3n) is 5.92. The largest absolute Gasteiger partial charge is 0.347 e. The van der Waals surface area contributed by atoms with Crippen LogP contribution < -0.4 is 10.2 Å². The van der Waals surface area contributed by atoms with Gasteiger partial charge in [-0.05, 0) is 63.3 Å². The van der Waals surface area contributed by atoms with E-state index < -0.39 is 0 Å². The fraction of sp³-hybridized carbons (Fsp3) is 0.400. The molecule has 1 fully saturated rings. The molecule has 3 heterocycles. The summed E-state index contributed by atoms with van der Waals surface area (Å²) in [6.45, 7) is 9.15. The van der Waals surface area contributed by atoms with E-state index in [0.29, 0.717) is 18.7 Å². The third kappa shape index (κ3) is 4.94. The lowest BCUT2D eigenvalue weighted by Crippen LogP contribution is -2.35. The van der Waals surface area contributed by atoms with Crippen LogP contribution in [0.25, 0.3) is 11.1 Å². The van der Waals surface area contributed by atoms with E-state index in [2.05, 4.69) is 26.7 Å². The molecular weight excluding hydrogens is 416 g/mol. The Bertz CT molecular complexity index is 1180. The van der Waals surface area contributed by atoms with Gasteiger partial charge in [0.1, 0.15) is 0 Å². The molecule has 0 spiro atoms. The van der Waals surface area contributed by atoms with Gasteiger partial charge in [0.25, 0.3) is 5.91 Å². The van der Waals surface area contributed by atoms with Gasteiger partial charge in [0.2, 0.25) is 5.91 Å². The molecule has 0 bridgehead atoms. The molecule has 33 heavy (non-hydrogen) atoms. The molecule has 1 saturated heterocycles. The van der Waals surface area contributed by atoms with Crippen LogP contribution >= 0.6 is 0 Å². The molecular formula is C25H30N6O2. The number of piperidine rings is 1. The zero-order chi connectivity index (χ0) is 23.6. The van der Waals surface area contributed by atoms with Crippen molar-refractivity contribution < 1.29 is 9.59 Å². The minimum Gasteiger partial charge on any atom is -0.347 e. The van der Waals surface area contributed by atoms with Gasteiger partial charge in [-0.25, -0.2) is 4.68 Å². The number of carbonyl (C=O) groups is 2. The van der Waals surface area contributed by atoms with Crippen LogP contribution in [0.4, 0.5) is 5.69 Å². The molecule has 1 aliphatic heterocycles. The van der Waals surface area contributed by atoms with Crippen LogP contribution in [-0.4, -0.2) is 38.3 Å². The number of aromatic nitrogens is 4. The number of hydrogen-bond acceptors (Lipinski definition) is 5. The van der Waals surface area contributed by atoms with Crippen molar-refractivity contribution in [1.82, 2.24) is 25.3 Å². The number of carbonyl (C=O) groups excluding carboxylic acids is 2. The summed E-state index contributed by atoms with van der Waals surface area (Å²) < 4.78 is 1.68. The first-order valence-electron chi connectivity index (χ1n) is 11.3. The number of amides is 2. The van der Waals surface area contributed by atoms with Gasteiger partial charge in [0.15, 0.2) is 5.69 Å². The lowest BCUT2D eigenvalue weighted by Gasteiger charge is -2.28. The summed E-state index contributed by atoms with van der Waals surface area (Å²) in [5.41, 5.74) is 4.99. The number of nitrogens with zero attached hydrogens (tertiary/aromatic N) is 5. The van der Waals surface area contributed by atoms with E-state index in [-0.39, 0.29) is 17.4 Å². The summed E-state index contributed by atoms with van der Waals surface area (Å²) in [6, 6.07) is 8.08. The second-order valence-electron chi connectivity index (χ2n) is 9.44. The second kappa shape index (κ2) is 9.13. The van der Waals surface area contributed by atoms with Gasteiger partial charge in [-0.2, -0.15) is 0 Å². The number of aryl methyl sites for hydroxylation is 1. The molecule has 1 aliphatic rings. The molecule has 172 valence electrons. The predicted molar refractivity (Wildman–Crippen MR) is 127 cm³/mol. The first-order valence-corrected chi connectivity index (χ1v) is 11.3. The van der Waals surface area contributed by atoms with Crippen molar-refractivity contribution in [3.8, 4) is 11.1 Å². The summed E-state index contributed by atoms with van der Waals surface area (Å²) in [4.78, 5) is 31.1. The summed E-state index contributed by atoms with van der Waals surface area (Å²) in [6.07, 6.45) is 7.71. The minimum atomic E-state index is -0.256. The lowest BCUT2D eigenvalue weighted by molar-refractivity contribution is -0.119. The first-order chi connectivity index (χ1) is 15.7. The van der Waals surface area contributed by atoms with Crippen molar-refractivity contribution in [3.63, 3.8) is 0 Å². The molecule has 8 nitrogen and oxygen atoms in total. The van der Waals surface area contributed by atoms with Gasteiger partial charge >= 0.3 is 0 Å². The van der Waals surface area contributed by atoms with Crippen molar-refractivity contribution in [3.05, 3.63) is 59.7 Å². The topological polar surface area (TPSA) is 93.0 Å². The number of rotatable bonds is 5. The van der Waals surface area contributed by atoms with Gasteiger partial charge < -0.3 is 10.2 Å². The van der Waals surface area contributed by atoms with Gasteiger partial charge in [-0.3, -0.25) is 14.6 Å². The number of benzene rings is 1. The average molecular weight is 447 g/mol. The van der Waals surface area contributed by atoms with E-state index in [9.17, 15) is 9.59 Å². The highest BCUT2D eigenvalue weighted by Gasteiger charge is 2.23. The molecule has 3 aromatic rings. The van der Waals surface area contributed by atoms with E-state index in [1.54, 1.807) is 23.3 Å². The molecule has 0 radical (unpaired) electrons. The molecule has 2 amide bonds. The van der Waals surface area contributed by atoms with E-state index in [1.807, 2.05) is 50.8 Å². The zero-order valence-corrected chi connectivity index (χ0v) is 19.6. The average Bonchev–Trinajstić information content (AvgIpc) is 3.30. The quantitative estimate of drug-likeness (QED) is 0.643. The van der Waals surface area contributed by atoms with Gasteiger partial charge in [0, 0.05) is 31.3 Å². The fourth-order valence-electron chi connectivity index (χ4n) is 3.93. The fourth-order valence-corrected chi connectivity index (χ4v) is 3.93. The molecule has 1 N–H and O–H groups in total. The predicted octanol–water partition coefficient (Wildman–Crippen LogP) is 3.85. The first kappa shape index (κ1) is 22.6. The Morgan fingerprint density at radius 1 is 1.18 bits per heavy atom. The number of hydrogen-bond donors (Lipinski definition) is 1. The Morgan fingerprint density at radius 3 is 2.70 bits per heavy atom. The zero-order valence-electron chi connectivity index (χ0n) is 19.6. The molecule has 0 atom stereocenters. The molecule has 0 unspecified atom stereocenters. The van der Waals surface area contributed by atoms with Gasteiger partial charge in [-0.15, -0.1) is 5.10 Å². The third-order valence-corrected chi connectivity index (χ3v) is 5.92. The molecule has 8 heteroatoms. The number of nitrogens with one attached hydrogen (secondary N) is 1. The maximum Gasteiger partial charge on any atom is 0.273 e. The maximum absolute atomic E-state index is 12.5. The van der Waals surface area contributed by atoms with Gasteiger partial charge in [-0.1, -0.05) is 23.4 Å². The summed E-state index contributed by atoms with van der Waals surface area (Å²) >= 11 is 0. The molecule has 1 aromatic carbocycles. The SMILES string of the molecule is Cc1cc(-c2ccncc2N2CCCCC2=O)ccc1CNC(=O)c1cn(C(C)(C)C)nn1. The van der Waals surface area contributed by atoms with Crippen molar-refractivity contribution in [2.75, 3.05) is 11.4 Å². The Balaban J connectivity index is 1.50. The Hall–Kier alpha value is -3.55. The maximum atomic E-state index is 12.5. The minimum absolute atomic E-state index is 0.148. The van der Waals surface area contributed by atoms with Crippen molar-refractivity contribution in [2.45, 2.75) is 59.0 Å². The van der Waals surface area contributed by atoms with E-state index in [0.717, 1.165) is 47.3 Å². The Kier molecular flexibility index (Phi) is 6.26. The summed E-state index contributed by atoms with van der Waals surface area (Å²) in [5, 5.41) is 11.0. The van der Waals surface area contributed by atoms with E-state index in [1.165, 1.54) is 0 Å². The summed E-state index contributed by atoms with van der Waals surface area (Å²) in [5.74, 6) is -0.107. The highest BCUT2D eigenvalue weighted by molar-refractivity contribution is 5.98. The van der Waals surface area contributed by atoms with Crippen LogP contribution in [-0.2, 0) is 16.9 Å². The normalized spacial score (nSPS) is 14.4. The van der Waals surface area contributed by atoms with Crippen LogP contribution in [0, 0.1) is 6.92 Å². The Labute approximate surface area is 194 Å². The molecule has 2 aromatic heterocycles. The van der Waals surface area contributed by atoms with Crippen LogP contribution in [0.2, 0.25) is 0 Å². The van der Waals surface area contributed by atoms with Crippen LogP contribution in [0.3, 0.4) is 0 Å². The molecule has 0 aliphatic carbocycles. The highest BCUT2D eigenvalue weighted by Crippen LogP contribution is 2.33. The number of pyridine rings is 1. The highest BCUT2D eigenvalue weighted by atomic mass is 16.2. The second-order valence-corrected chi connectivity index (χ2v) is 9.44. The molecule has 4 rings (SSSR count). The van der Waals surface area contributed by atoms with E-state index in [4.69, 9.17) is 0 Å². The van der Waals surface area contributed by atoms with Crippen molar-refractivity contribution in [2.24, 2.45) is 0 Å². The summed E-state index contributed by atoms with van der Waals surface area (Å²) in [7, 11) is 0. The lowest BCUT2D eigenvalue weighted by atomic mass is 9.98. The van der Waals surface area contributed by atoms with Crippen LogP contribution in [0.1, 0.15) is 61.6 Å². The monoisotopic (exact) mass is 446 g/mol. The smallest absolute Gasteiger partial charge is 0.273 e.